The molecule has 2 atom stereocenters. The molecule has 0 saturated heterocycles. The highest BCUT2D eigenvalue weighted by atomic mass is 79.9. The molecule has 2 rings (SSSR count). The third kappa shape index (κ3) is 14.8. The van der Waals surface area contributed by atoms with Gasteiger partial charge in [0, 0.05) is 19.1 Å². The number of benzene rings is 2. The fourth-order valence-electron chi connectivity index (χ4n) is 4.05. The molecule has 0 heterocycles. The molecule has 0 aromatic heterocycles. The predicted octanol–water partition coefficient (Wildman–Crippen LogP) is 4.26. The van der Waals surface area contributed by atoms with E-state index < -0.39 is 60.1 Å². The number of esters is 1. The van der Waals surface area contributed by atoms with Crippen LogP contribution in [0, 0.1) is 10.9 Å². The number of halogens is 1. The van der Waals surface area contributed by atoms with E-state index in [1.807, 2.05) is 18.2 Å². The number of methoxy groups -OCH3 is 1. The molecule has 2 aromatic rings. The summed E-state index contributed by atoms with van der Waals surface area (Å²) in [5.41, 5.74) is 6.79. The van der Waals surface area contributed by atoms with Crippen LogP contribution in [0.25, 0.3) is 10.8 Å². The smallest absolute Gasteiger partial charge is 0.308 e. The van der Waals surface area contributed by atoms with Crippen LogP contribution in [0.2, 0.25) is 0 Å². The van der Waals surface area contributed by atoms with Crippen LogP contribution in [-0.4, -0.2) is 83.7 Å². The van der Waals surface area contributed by atoms with Gasteiger partial charge in [-0.05, 0) is 44.0 Å². The summed E-state index contributed by atoms with van der Waals surface area (Å²) in [6.45, 7) is 8.56. The third-order valence-electron chi connectivity index (χ3n) is 6.08. The van der Waals surface area contributed by atoms with E-state index in [-0.39, 0.29) is 30.7 Å². The van der Waals surface area contributed by atoms with Crippen LogP contribution in [0.4, 0.5) is 0 Å². The second-order valence-electron chi connectivity index (χ2n) is 11.4. The Kier molecular flexibility index (Phi) is 18.0. The Morgan fingerprint density at radius 1 is 1.00 bits per heavy atom. The Bertz CT molecular complexity index is 1390. The summed E-state index contributed by atoms with van der Waals surface area (Å²) in [6.07, 6.45) is 0.720. The van der Waals surface area contributed by atoms with Crippen LogP contribution in [0.1, 0.15) is 70.7 Å². The Morgan fingerprint density at radius 2 is 1.64 bits per heavy atom. The Labute approximate surface area is 283 Å². The number of ether oxygens (including phenoxy) is 2. The van der Waals surface area contributed by atoms with Gasteiger partial charge in [-0.15, -0.1) is 0 Å². The van der Waals surface area contributed by atoms with Gasteiger partial charge in [0.05, 0.1) is 24.3 Å². The maximum absolute atomic E-state index is 13.3. The summed E-state index contributed by atoms with van der Waals surface area (Å²) in [5, 5.41) is 21.3. The summed E-state index contributed by atoms with van der Waals surface area (Å²) >= 11 is 3.04. The summed E-state index contributed by atoms with van der Waals surface area (Å²) in [4.78, 5) is 63.9. The number of rotatable bonds is 16. The monoisotopic (exact) mass is 719 g/mol. The second kappa shape index (κ2) is 20.8. The topological polar surface area (TPSA) is 203 Å². The molecule has 15 heteroatoms. The summed E-state index contributed by atoms with van der Waals surface area (Å²) in [5.74, 6) is -3.28. The molecule has 47 heavy (non-hydrogen) atoms. The number of ketones is 1. The lowest BCUT2D eigenvalue weighted by molar-refractivity contribution is -0.156. The van der Waals surface area contributed by atoms with Crippen molar-refractivity contribution >= 4 is 62.0 Å². The fourth-order valence-corrected chi connectivity index (χ4v) is 4.44. The number of hydrogen-bond acceptors (Lipinski definition) is 10. The molecule has 0 bridgehead atoms. The molecule has 0 radical (unpaired) electrons. The van der Waals surface area contributed by atoms with Gasteiger partial charge in [-0.3, -0.25) is 29.4 Å². The van der Waals surface area contributed by atoms with E-state index in [0.29, 0.717) is 10.9 Å². The van der Waals surface area contributed by atoms with Gasteiger partial charge in [0.2, 0.25) is 11.8 Å². The first-order valence-electron chi connectivity index (χ1n) is 15.1. The molecule has 0 aliphatic rings. The number of nitrogens with zero attached hydrogens (tertiary/aromatic N) is 2. The predicted molar refractivity (Wildman–Crippen MR) is 181 cm³/mol. The minimum absolute atomic E-state index is 0.0659. The first-order valence-corrected chi connectivity index (χ1v) is 16.2. The maximum Gasteiger partial charge on any atom is 0.308 e. The van der Waals surface area contributed by atoms with Crippen molar-refractivity contribution in [2.24, 2.45) is 5.22 Å². The van der Waals surface area contributed by atoms with E-state index >= 15 is 0 Å². The number of fused-ring (bicyclic) bond motifs is 1. The standard InChI is InChI=1S/C29H38BrN7O7.C3H8/c1-29(2,3)44-26(40)14-22(23(38)15-30)34-25(39)16-33-28(42)21(12-13-24(31)37(36-32)17-43-4)35-27(41)20-11-7-9-18-8-5-6-10-19(18)20;1-3-2/h5-11,21-22,31-32H,12-17H2,1-4H3,(H,33,42)(H,34,39)(H,35,41);3H2,1-2H3. The quantitative estimate of drug-likeness (QED) is 0.0322. The molecule has 0 aliphatic heterocycles. The van der Waals surface area contributed by atoms with E-state index in [1.165, 1.54) is 13.5 Å². The zero-order valence-electron chi connectivity index (χ0n) is 27.8. The molecule has 0 fully saturated rings. The van der Waals surface area contributed by atoms with Crippen LogP contribution in [0.15, 0.2) is 47.7 Å². The molecule has 2 unspecified atom stereocenters. The Morgan fingerprint density at radius 3 is 2.23 bits per heavy atom. The van der Waals surface area contributed by atoms with Crippen molar-refractivity contribution in [3.63, 3.8) is 0 Å². The highest BCUT2D eigenvalue weighted by molar-refractivity contribution is 9.09. The molecular formula is C32H46BrN7O7. The fraction of sp³-hybridized carbons (Fsp3) is 0.500. The van der Waals surface area contributed by atoms with Crippen molar-refractivity contribution in [1.29, 1.82) is 10.9 Å². The molecule has 0 spiro atoms. The lowest BCUT2D eigenvalue weighted by Gasteiger charge is -2.23. The maximum atomic E-state index is 13.3. The van der Waals surface area contributed by atoms with Gasteiger partial charge >= 0.3 is 5.97 Å². The van der Waals surface area contributed by atoms with E-state index in [4.69, 9.17) is 20.4 Å². The molecule has 258 valence electrons. The van der Waals surface area contributed by atoms with Crippen molar-refractivity contribution in [2.75, 3.05) is 25.7 Å². The van der Waals surface area contributed by atoms with Gasteiger partial charge in [0.1, 0.15) is 24.2 Å². The van der Waals surface area contributed by atoms with Crippen molar-refractivity contribution in [1.82, 2.24) is 21.0 Å². The van der Waals surface area contributed by atoms with Crippen molar-refractivity contribution in [2.45, 2.75) is 78.0 Å². The average Bonchev–Trinajstić information content (AvgIpc) is 3.02. The van der Waals surface area contributed by atoms with E-state index in [9.17, 15) is 24.0 Å². The number of hydrogen-bond donors (Lipinski definition) is 5. The number of amidine groups is 1. The van der Waals surface area contributed by atoms with Gasteiger partial charge in [0.15, 0.2) is 5.78 Å². The summed E-state index contributed by atoms with van der Waals surface area (Å²) in [6, 6.07) is 10.1. The number of carbonyl (C=O) groups excluding carboxylic acids is 5. The van der Waals surface area contributed by atoms with Gasteiger partial charge in [-0.25, -0.2) is 5.01 Å². The van der Waals surface area contributed by atoms with Crippen LogP contribution >= 0.6 is 15.9 Å². The second-order valence-corrected chi connectivity index (χ2v) is 12.0. The molecule has 3 amide bonds. The molecule has 5 N–H and O–H groups in total. The molecule has 14 nitrogen and oxygen atoms in total. The van der Waals surface area contributed by atoms with Crippen molar-refractivity contribution in [3.8, 4) is 0 Å². The van der Waals surface area contributed by atoms with Gasteiger partial charge in [-0.1, -0.05) is 77.8 Å². The number of Topliss-reactive ketones (excluding diaryl/α,β-unsaturated/α-hetero) is 1. The zero-order valence-corrected chi connectivity index (χ0v) is 29.4. The third-order valence-corrected chi connectivity index (χ3v) is 6.63. The normalized spacial score (nSPS) is 12.0. The number of nitrogens with one attached hydrogen (secondary N) is 5. The average molecular weight is 721 g/mol. The molecular weight excluding hydrogens is 674 g/mol. The largest absolute Gasteiger partial charge is 0.460 e. The Hall–Kier alpha value is -4.24. The number of carbonyl (C=O) groups is 5. The Balaban J connectivity index is 0.00000354. The molecule has 0 saturated carbocycles. The minimum atomic E-state index is -1.19. The van der Waals surface area contributed by atoms with Crippen molar-refractivity contribution in [3.05, 3.63) is 48.0 Å². The first kappa shape index (κ1) is 40.8. The lowest BCUT2D eigenvalue weighted by atomic mass is 10.0. The van der Waals surface area contributed by atoms with E-state index in [0.717, 1.165) is 10.4 Å². The van der Waals surface area contributed by atoms with E-state index in [1.54, 1.807) is 45.0 Å². The van der Waals surface area contributed by atoms with Crippen LogP contribution < -0.4 is 16.0 Å². The molecule has 2 aromatic carbocycles. The van der Waals surface area contributed by atoms with Crippen LogP contribution in [0.3, 0.4) is 0 Å². The van der Waals surface area contributed by atoms with Crippen LogP contribution in [0.5, 0.6) is 0 Å². The van der Waals surface area contributed by atoms with Gasteiger partial charge < -0.3 is 25.4 Å². The lowest BCUT2D eigenvalue weighted by Crippen LogP contribution is -2.51. The van der Waals surface area contributed by atoms with E-state index in [2.05, 4.69) is 51.0 Å². The highest BCUT2D eigenvalue weighted by Gasteiger charge is 2.28. The minimum Gasteiger partial charge on any atom is -0.460 e. The molecule has 0 aliphatic carbocycles. The summed E-state index contributed by atoms with van der Waals surface area (Å²) < 4.78 is 10.2. The van der Waals surface area contributed by atoms with Crippen molar-refractivity contribution < 1.29 is 33.4 Å². The van der Waals surface area contributed by atoms with Gasteiger partial charge in [-0.2, -0.15) is 5.53 Å². The van der Waals surface area contributed by atoms with Gasteiger partial charge in [0.25, 0.3) is 5.91 Å². The van der Waals surface area contributed by atoms with Crippen LogP contribution in [-0.2, 0) is 28.7 Å². The number of amides is 3. The highest BCUT2D eigenvalue weighted by Crippen LogP contribution is 2.19. The first-order chi connectivity index (χ1) is 22.2. The zero-order chi connectivity index (χ0) is 35.6. The SMILES string of the molecule is CCC.COCN(N=N)C(=N)CCC(NC(=O)c1cccc2ccccc12)C(=O)NCC(=O)NC(CC(=O)OC(C)(C)C)C(=O)CBr. The summed E-state index contributed by atoms with van der Waals surface area (Å²) in [7, 11) is 1.38. The number of alkyl halides is 1.